The van der Waals surface area contributed by atoms with Crippen LogP contribution in [0.2, 0.25) is 0 Å². The fourth-order valence-electron chi connectivity index (χ4n) is 4.21. The van der Waals surface area contributed by atoms with Crippen molar-refractivity contribution in [3.8, 4) is 0 Å². The Morgan fingerprint density at radius 1 is 0.943 bits per heavy atom. The summed E-state index contributed by atoms with van der Waals surface area (Å²) < 4.78 is 0. The van der Waals surface area contributed by atoms with Gasteiger partial charge in [-0.05, 0) is 55.3 Å². The van der Waals surface area contributed by atoms with E-state index in [1.165, 1.54) is 11.8 Å². The molecule has 0 aliphatic carbocycles. The van der Waals surface area contributed by atoms with Crippen LogP contribution in [-0.4, -0.2) is 34.6 Å². The van der Waals surface area contributed by atoms with Crippen LogP contribution in [0.4, 0.5) is 11.4 Å². The molecule has 0 spiro atoms. The number of aryl methyl sites for hydroxylation is 2. The van der Waals surface area contributed by atoms with E-state index in [0.717, 1.165) is 21.6 Å². The molecule has 1 aliphatic heterocycles. The number of hydrogen-bond acceptors (Lipinski definition) is 4. The summed E-state index contributed by atoms with van der Waals surface area (Å²) >= 11 is 0. The van der Waals surface area contributed by atoms with Gasteiger partial charge in [-0.2, -0.15) is 0 Å². The lowest BCUT2D eigenvalue weighted by molar-refractivity contribution is -0.122. The van der Waals surface area contributed by atoms with Gasteiger partial charge in [0.2, 0.25) is 11.8 Å². The van der Waals surface area contributed by atoms with E-state index in [9.17, 15) is 19.2 Å². The molecule has 1 N–H and O–H groups in total. The van der Waals surface area contributed by atoms with Crippen LogP contribution in [0, 0.1) is 13.8 Å². The van der Waals surface area contributed by atoms with Gasteiger partial charge in [-0.25, -0.2) is 4.90 Å². The first-order chi connectivity index (χ1) is 16.7. The van der Waals surface area contributed by atoms with Crippen LogP contribution in [0.15, 0.2) is 72.8 Å². The molecule has 1 saturated heterocycles. The summed E-state index contributed by atoms with van der Waals surface area (Å²) in [5, 5.41) is 2.66. The van der Waals surface area contributed by atoms with Crippen LogP contribution >= 0.6 is 0 Å². The number of imide groups is 1. The summed E-state index contributed by atoms with van der Waals surface area (Å²) in [4.78, 5) is 54.1. The summed E-state index contributed by atoms with van der Waals surface area (Å²) in [5.74, 6) is -1.33. The number of hydrogen-bond donors (Lipinski definition) is 1. The van der Waals surface area contributed by atoms with E-state index in [-0.39, 0.29) is 30.7 Å². The molecule has 1 heterocycles. The Labute approximate surface area is 204 Å². The van der Waals surface area contributed by atoms with Gasteiger partial charge in [-0.3, -0.25) is 19.2 Å². The van der Waals surface area contributed by atoms with Gasteiger partial charge in [0.15, 0.2) is 0 Å². The van der Waals surface area contributed by atoms with Crippen molar-refractivity contribution in [1.29, 1.82) is 0 Å². The van der Waals surface area contributed by atoms with Crippen LogP contribution in [0.1, 0.15) is 40.4 Å². The maximum absolute atomic E-state index is 13.7. The second-order valence-corrected chi connectivity index (χ2v) is 8.75. The minimum Gasteiger partial charge on any atom is -0.326 e. The zero-order valence-corrected chi connectivity index (χ0v) is 19.9. The van der Waals surface area contributed by atoms with Gasteiger partial charge < -0.3 is 10.2 Å². The van der Waals surface area contributed by atoms with E-state index in [1.807, 2.05) is 50.2 Å². The molecule has 35 heavy (non-hydrogen) atoms. The van der Waals surface area contributed by atoms with Crippen molar-refractivity contribution in [3.63, 3.8) is 0 Å². The predicted molar refractivity (Wildman–Crippen MR) is 134 cm³/mol. The average Bonchev–Trinajstić information content (AvgIpc) is 3.12. The summed E-state index contributed by atoms with van der Waals surface area (Å²) in [6.07, 6.45) is -0.101. The quantitative estimate of drug-likeness (QED) is 0.547. The van der Waals surface area contributed by atoms with Crippen LogP contribution in [-0.2, 0) is 20.9 Å². The summed E-state index contributed by atoms with van der Waals surface area (Å²) in [6.45, 7) is 5.43. The lowest BCUT2D eigenvalue weighted by atomic mass is 10.0. The summed E-state index contributed by atoms with van der Waals surface area (Å²) in [6, 6.07) is 20.5. The van der Waals surface area contributed by atoms with Crippen molar-refractivity contribution in [1.82, 2.24) is 4.90 Å². The second kappa shape index (κ2) is 9.93. The third kappa shape index (κ3) is 5.14. The Morgan fingerprint density at radius 2 is 1.60 bits per heavy atom. The molecule has 1 fully saturated rings. The predicted octanol–water partition coefficient (Wildman–Crippen LogP) is 4.24. The van der Waals surface area contributed by atoms with Crippen LogP contribution in [0.3, 0.4) is 0 Å². The van der Waals surface area contributed by atoms with Gasteiger partial charge in [-0.1, -0.05) is 48.0 Å². The van der Waals surface area contributed by atoms with Gasteiger partial charge in [0.25, 0.3) is 11.8 Å². The maximum atomic E-state index is 13.7. The van der Waals surface area contributed by atoms with E-state index in [4.69, 9.17) is 0 Å². The molecule has 4 amide bonds. The fourth-order valence-corrected chi connectivity index (χ4v) is 4.21. The fraction of sp³-hybridized carbons (Fsp3) is 0.214. The molecule has 3 aromatic carbocycles. The Morgan fingerprint density at radius 3 is 2.23 bits per heavy atom. The first-order valence-corrected chi connectivity index (χ1v) is 11.4. The number of benzene rings is 3. The molecule has 0 bridgehead atoms. The minimum absolute atomic E-state index is 0.101. The molecule has 4 rings (SSSR count). The summed E-state index contributed by atoms with van der Waals surface area (Å²) in [5.41, 5.74) is 4.22. The highest BCUT2D eigenvalue weighted by Crippen LogP contribution is 2.29. The minimum atomic E-state index is -0.925. The van der Waals surface area contributed by atoms with Crippen molar-refractivity contribution >= 4 is 35.0 Å². The first kappa shape index (κ1) is 23.9. The zero-order chi connectivity index (χ0) is 25.1. The van der Waals surface area contributed by atoms with Crippen LogP contribution < -0.4 is 10.2 Å². The van der Waals surface area contributed by atoms with Gasteiger partial charge in [-0.15, -0.1) is 0 Å². The lowest BCUT2D eigenvalue weighted by Gasteiger charge is -2.28. The van der Waals surface area contributed by atoms with Gasteiger partial charge in [0, 0.05) is 24.7 Å². The van der Waals surface area contributed by atoms with E-state index >= 15 is 0 Å². The highest BCUT2D eigenvalue weighted by molar-refractivity contribution is 6.23. The van der Waals surface area contributed by atoms with Gasteiger partial charge in [0.1, 0.15) is 6.04 Å². The van der Waals surface area contributed by atoms with Crippen molar-refractivity contribution in [2.24, 2.45) is 0 Å². The van der Waals surface area contributed by atoms with Gasteiger partial charge >= 0.3 is 0 Å². The monoisotopic (exact) mass is 469 g/mol. The highest BCUT2D eigenvalue weighted by Gasteiger charge is 2.44. The molecule has 1 unspecified atom stereocenters. The Hall–Kier alpha value is -4.26. The Kier molecular flexibility index (Phi) is 6.78. The molecular formula is C28H27N3O4. The van der Waals surface area contributed by atoms with Crippen LogP contribution in [0.25, 0.3) is 0 Å². The number of amides is 4. The molecule has 1 aliphatic rings. The number of rotatable bonds is 6. The average molecular weight is 470 g/mol. The van der Waals surface area contributed by atoms with E-state index in [1.54, 1.807) is 36.4 Å². The smallest absolute Gasteiger partial charge is 0.257 e. The van der Waals surface area contributed by atoms with Crippen molar-refractivity contribution in [2.75, 3.05) is 10.2 Å². The van der Waals surface area contributed by atoms with E-state index < -0.39 is 11.9 Å². The molecular weight excluding hydrogens is 442 g/mol. The number of anilines is 2. The second-order valence-electron chi connectivity index (χ2n) is 8.75. The van der Waals surface area contributed by atoms with Crippen molar-refractivity contribution in [2.45, 2.75) is 39.8 Å². The van der Waals surface area contributed by atoms with Crippen molar-refractivity contribution in [3.05, 3.63) is 95.1 Å². The summed E-state index contributed by atoms with van der Waals surface area (Å²) in [7, 11) is 0. The zero-order valence-electron chi connectivity index (χ0n) is 19.9. The Bertz CT molecular complexity index is 1280. The molecule has 7 nitrogen and oxygen atoms in total. The Balaban J connectivity index is 1.66. The number of nitrogens with one attached hydrogen (secondary N) is 1. The SMILES string of the molecule is CC(=O)Nc1ccc(N2C(=O)CC(N(Cc3ccc(C)cc3)C(=O)c3ccccc3C)C2=O)cc1. The number of carbonyl (C=O) groups excluding carboxylic acids is 4. The number of carbonyl (C=O) groups is 4. The maximum Gasteiger partial charge on any atom is 0.257 e. The molecule has 3 aromatic rings. The molecule has 0 saturated carbocycles. The molecule has 1 atom stereocenters. The van der Waals surface area contributed by atoms with Gasteiger partial charge in [0.05, 0.1) is 12.1 Å². The molecule has 0 aromatic heterocycles. The normalized spacial score (nSPS) is 15.3. The topological polar surface area (TPSA) is 86.8 Å². The van der Waals surface area contributed by atoms with Crippen LogP contribution in [0.5, 0.6) is 0 Å². The first-order valence-electron chi connectivity index (χ1n) is 11.4. The number of nitrogens with zero attached hydrogens (tertiary/aromatic N) is 2. The molecule has 7 heteroatoms. The van der Waals surface area contributed by atoms with Crippen molar-refractivity contribution < 1.29 is 19.2 Å². The third-order valence-electron chi connectivity index (χ3n) is 6.05. The molecule has 178 valence electrons. The largest absolute Gasteiger partial charge is 0.326 e. The van der Waals surface area contributed by atoms with E-state index in [0.29, 0.717) is 16.9 Å². The van der Waals surface area contributed by atoms with E-state index in [2.05, 4.69) is 5.32 Å². The molecule has 0 radical (unpaired) electrons. The standard InChI is InChI=1S/C28H27N3O4/c1-18-8-10-21(11-9-18)17-30(27(34)24-7-5-4-6-19(24)2)25-16-26(33)31(28(25)35)23-14-12-22(13-15-23)29-20(3)32/h4-15,25H,16-17H2,1-3H3,(H,29,32). The highest BCUT2D eigenvalue weighted by atomic mass is 16.2. The third-order valence-corrected chi connectivity index (χ3v) is 6.05. The lowest BCUT2D eigenvalue weighted by Crippen LogP contribution is -2.45.